The molecule has 1 aromatic carbocycles. The SMILES string of the molecule is CCCn1c(Sc2ccc(CN)cc2C)n[nH]c1=O. The lowest BCUT2D eigenvalue weighted by Crippen LogP contribution is -2.17. The van der Waals surface area contributed by atoms with Crippen LogP contribution < -0.4 is 11.4 Å². The van der Waals surface area contributed by atoms with Crippen molar-refractivity contribution in [3.8, 4) is 0 Å². The molecule has 0 atom stereocenters. The number of benzene rings is 1. The second-order valence-corrected chi connectivity index (χ2v) is 5.38. The summed E-state index contributed by atoms with van der Waals surface area (Å²) in [4.78, 5) is 12.7. The van der Waals surface area contributed by atoms with Crippen LogP contribution in [0.15, 0.2) is 33.0 Å². The summed E-state index contributed by atoms with van der Waals surface area (Å²) in [6.07, 6.45) is 0.901. The minimum Gasteiger partial charge on any atom is -0.326 e. The third-order valence-corrected chi connectivity index (χ3v) is 4.02. The Bertz CT molecular complexity index is 617. The predicted octanol–water partition coefficient (Wildman–Crippen LogP) is 1.90. The molecule has 0 aliphatic rings. The van der Waals surface area contributed by atoms with E-state index in [4.69, 9.17) is 5.73 Å². The van der Waals surface area contributed by atoms with Gasteiger partial charge in [-0.05, 0) is 42.3 Å². The first-order chi connectivity index (χ1) is 9.15. The normalized spacial score (nSPS) is 10.9. The molecule has 0 fully saturated rings. The van der Waals surface area contributed by atoms with E-state index in [0.717, 1.165) is 22.4 Å². The van der Waals surface area contributed by atoms with E-state index in [9.17, 15) is 4.79 Å². The molecule has 0 saturated heterocycles. The lowest BCUT2D eigenvalue weighted by Gasteiger charge is -2.07. The van der Waals surface area contributed by atoms with E-state index in [1.165, 1.54) is 11.8 Å². The van der Waals surface area contributed by atoms with Gasteiger partial charge in [-0.3, -0.25) is 4.57 Å². The van der Waals surface area contributed by atoms with Crippen molar-refractivity contribution in [3.63, 3.8) is 0 Å². The van der Waals surface area contributed by atoms with E-state index in [2.05, 4.69) is 16.3 Å². The maximum atomic E-state index is 11.6. The average molecular weight is 278 g/mol. The van der Waals surface area contributed by atoms with E-state index in [-0.39, 0.29) is 5.69 Å². The molecular formula is C13H18N4OS. The first-order valence-electron chi connectivity index (χ1n) is 6.28. The third kappa shape index (κ3) is 3.08. The lowest BCUT2D eigenvalue weighted by atomic mass is 10.1. The van der Waals surface area contributed by atoms with Gasteiger partial charge >= 0.3 is 5.69 Å². The van der Waals surface area contributed by atoms with Crippen molar-refractivity contribution >= 4 is 11.8 Å². The Balaban J connectivity index is 2.28. The van der Waals surface area contributed by atoms with Crippen molar-refractivity contribution in [3.05, 3.63) is 39.8 Å². The second-order valence-electron chi connectivity index (χ2n) is 4.37. The fourth-order valence-corrected chi connectivity index (χ4v) is 2.78. The summed E-state index contributed by atoms with van der Waals surface area (Å²) in [6, 6.07) is 6.10. The molecule has 6 heteroatoms. The minimum absolute atomic E-state index is 0.152. The zero-order valence-corrected chi connectivity index (χ0v) is 12.0. The van der Waals surface area contributed by atoms with E-state index < -0.39 is 0 Å². The van der Waals surface area contributed by atoms with Gasteiger partial charge in [-0.25, -0.2) is 9.89 Å². The van der Waals surface area contributed by atoms with Crippen molar-refractivity contribution in [2.75, 3.05) is 0 Å². The van der Waals surface area contributed by atoms with E-state index >= 15 is 0 Å². The Morgan fingerprint density at radius 3 is 2.89 bits per heavy atom. The first kappa shape index (κ1) is 13.9. The number of hydrogen-bond donors (Lipinski definition) is 2. The molecule has 102 valence electrons. The van der Waals surface area contributed by atoms with Crippen LogP contribution in [-0.2, 0) is 13.1 Å². The Morgan fingerprint density at radius 1 is 1.47 bits per heavy atom. The summed E-state index contributed by atoms with van der Waals surface area (Å²) in [5.41, 5.74) is 7.72. The van der Waals surface area contributed by atoms with Crippen molar-refractivity contribution < 1.29 is 0 Å². The molecule has 0 aliphatic heterocycles. The van der Waals surface area contributed by atoms with Crippen molar-refractivity contribution in [2.24, 2.45) is 5.73 Å². The first-order valence-corrected chi connectivity index (χ1v) is 7.10. The maximum absolute atomic E-state index is 11.6. The van der Waals surface area contributed by atoms with Crippen LogP contribution in [0.2, 0.25) is 0 Å². The number of nitrogens with one attached hydrogen (secondary N) is 1. The monoisotopic (exact) mass is 278 g/mol. The van der Waals surface area contributed by atoms with Crippen LogP contribution in [0.25, 0.3) is 0 Å². The zero-order valence-electron chi connectivity index (χ0n) is 11.1. The number of H-pyrrole nitrogens is 1. The van der Waals surface area contributed by atoms with Gasteiger partial charge in [-0.15, -0.1) is 5.10 Å². The van der Waals surface area contributed by atoms with Gasteiger partial charge in [0, 0.05) is 18.0 Å². The maximum Gasteiger partial charge on any atom is 0.343 e. The number of nitrogens with zero attached hydrogens (tertiary/aromatic N) is 2. The highest BCUT2D eigenvalue weighted by molar-refractivity contribution is 7.99. The Morgan fingerprint density at radius 2 is 2.26 bits per heavy atom. The van der Waals surface area contributed by atoms with Crippen LogP contribution in [0.4, 0.5) is 0 Å². The number of hydrogen-bond acceptors (Lipinski definition) is 4. The number of aryl methyl sites for hydroxylation is 1. The van der Waals surface area contributed by atoms with Crippen LogP contribution in [0, 0.1) is 6.92 Å². The summed E-state index contributed by atoms with van der Waals surface area (Å²) >= 11 is 1.50. The minimum atomic E-state index is -0.152. The summed E-state index contributed by atoms with van der Waals surface area (Å²) in [5.74, 6) is 0. The number of rotatable bonds is 5. The molecule has 5 nitrogen and oxygen atoms in total. The van der Waals surface area contributed by atoms with Gasteiger partial charge in [0.2, 0.25) is 0 Å². The highest BCUT2D eigenvalue weighted by Crippen LogP contribution is 2.28. The van der Waals surface area contributed by atoms with Crippen LogP contribution in [0.1, 0.15) is 24.5 Å². The molecular weight excluding hydrogens is 260 g/mol. The van der Waals surface area contributed by atoms with Gasteiger partial charge in [0.15, 0.2) is 5.16 Å². The van der Waals surface area contributed by atoms with Gasteiger partial charge in [0.1, 0.15) is 0 Å². The predicted molar refractivity (Wildman–Crippen MR) is 76.3 cm³/mol. The summed E-state index contributed by atoms with van der Waals surface area (Å²) < 4.78 is 1.67. The fourth-order valence-electron chi connectivity index (χ4n) is 1.85. The molecule has 0 amide bonds. The molecule has 2 rings (SSSR count). The van der Waals surface area contributed by atoms with E-state index in [0.29, 0.717) is 18.2 Å². The Labute approximate surface area is 116 Å². The molecule has 2 aromatic rings. The lowest BCUT2D eigenvalue weighted by molar-refractivity contribution is 0.604. The smallest absolute Gasteiger partial charge is 0.326 e. The Kier molecular flexibility index (Phi) is 4.44. The van der Waals surface area contributed by atoms with Gasteiger partial charge < -0.3 is 5.73 Å². The van der Waals surface area contributed by atoms with E-state index in [1.54, 1.807) is 4.57 Å². The zero-order chi connectivity index (χ0) is 13.8. The summed E-state index contributed by atoms with van der Waals surface area (Å²) in [7, 11) is 0. The van der Waals surface area contributed by atoms with Gasteiger partial charge in [-0.1, -0.05) is 19.1 Å². The topological polar surface area (TPSA) is 76.7 Å². The fraction of sp³-hybridized carbons (Fsp3) is 0.385. The average Bonchev–Trinajstić information content (AvgIpc) is 2.74. The molecule has 0 unspecified atom stereocenters. The van der Waals surface area contributed by atoms with Gasteiger partial charge in [-0.2, -0.15) is 0 Å². The molecule has 19 heavy (non-hydrogen) atoms. The van der Waals surface area contributed by atoms with Gasteiger partial charge in [0.05, 0.1) is 0 Å². The number of aromatic nitrogens is 3. The molecule has 0 spiro atoms. The largest absolute Gasteiger partial charge is 0.343 e. The van der Waals surface area contributed by atoms with Crippen LogP contribution in [-0.4, -0.2) is 14.8 Å². The Hall–Kier alpha value is -1.53. The molecule has 1 heterocycles. The molecule has 3 N–H and O–H groups in total. The standard InChI is InChI=1S/C13H18N4OS/c1-3-6-17-12(18)15-16-13(17)19-11-5-4-10(8-14)7-9(11)2/h4-5,7H,3,6,8,14H2,1-2H3,(H,15,18). The van der Waals surface area contributed by atoms with E-state index in [1.807, 2.05) is 26.0 Å². The van der Waals surface area contributed by atoms with Crippen LogP contribution >= 0.6 is 11.8 Å². The highest BCUT2D eigenvalue weighted by atomic mass is 32.2. The third-order valence-electron chi connectivity index (χ3n) is 2.85. The summed E-state index contributed by atoms with van der Waals surface area (Å²) in [5, 5.41) is 7.28. The van der Waals surface area contributed by atoms with Gasteiger partial charge in [0.25, 0.3) is 0 Å². The molecule has 0 radical (unpaired) electrons. The second kappa shape index (κ2) is 6.08. The quantitative estimate of drug-likeness (QED) is 0.875. The van der Waals surface area contributed by atoms with Crippen LogP contribution in [0.5, 0.6) is 0 Å². The van der Waals surface area contributed by atoms with Crippen molar-refractivity contribution in [1.82, 2.24) is 14.8 Å². The number of nitrogens with two attached hydrogens (primary N) is 1. The molecule has 1 aromatic heterocycles. The molecule has 0 bridgehead atoms. The molecule has 0 saturated carbocycles. The highest BCUT2D eigenvalue weighted by Gasteiger charge is 2.10. The van der Waals surface area contributed by atoms with Crippen molar-refractivity contribution in [1.29, 1.82) is 0 Å². The van der Waals surface area contributed by atoms with Crippen molar-refractivity contribution in [2.45, 2.75) is 43.4 Å². The molecule has 0 aliphatic carbocycles. The summed E-state index contributed by atoms with van der Waals surface area (Å²) in [6.45, 7) is 5.29. The van der Waals surface area contributed by atoms with Crippen LogP contribution in [0.3, 0.4) is 0 Å². The number of aromatic amines is 1.